The molecule has 2 N–H and O–H groups in total. The van der Waals surface area contributed by atoms with Crippen molar-refractivity contribution in [3.63, 3.8) is 0 Å². The summed E-state index contributed by atoms with van der Waals surface area (Å²) in [5.74, 6) is 0.800. The lowest BCUT2D eigenvalue weighted by atomic mass is 10.1. The van der Waals surface area contributed by atoms with Gasteiger partial charge in [0.2, 0.25) is 5.91 Å². The third kappa shape index (κ3) is 5.45. The molecule has 7 nitrogen and oxygen atoms in total. The van der Waals surface area contributed by atoms with Gasteiger partial charge in [0.15, 0.2) is 5.16 Å². The number of rotatable bonds is 8. The lowest BCUT2D eigenvalue weighted by Gasteiger charge is -2.08. The summed E-state index contributed by atoms with van der Waals surface area (Å²) < 4.78 is 2.03. The Morgan fingerprint density at radius 1 is 1.03 bits per heavy atom. The maximum Gasteiger partial charge on any atom is 0.251 e. The molecule has 0 bridgehead atoms. The first-order valence-electron chi connectivity index (χ1n) is 9.31. The van der Waals surface area contributed by atoms with Crippen molar-refractivity contribution in [3.05, 3.63) is 71.5 Å². The predicted octanol–water partition coefficient (Wildman–Crippen LogP) is 2.98. The largest absolute Gasteiger partial charge is 0.355 e. The average molecular weight is 410 g/mol. The van der Waals surface area contributed by atoms with E-state index in [1.54, 1.807) is 31.3 Å². The monoisotopic (exact) mass is 409 g/mol. The Bertz CT molecular complexity index is 970. The van der Waals surface area contributed by atoms with E-state index in [4.69, 9.17) is 0 Å². The van der Waals surface area contributed by atoms with E-state index in [1.165, 1.54) is 17.3 Å². The molecule has 8 heteroatoms. The van der Waals surface area contributed by atoms with Crippen LogP contribution in [0, 0.1) is 0 Å². The van der Waals surface area contributed by atoms with Crippen LogP contribution in [0.5, 0.6) is 0 Å². The first-order chi connectivity index (χ1) is 14.1. The smallest absolute Gasteiger partial charge is 0.251 e. The number of benzene rings is 2. The summed E-state index contributed by atoms with van der Waals surface area (Å²) in [6, 6.07) is 16.9. The number of aromatic nitrogens is 3. The van der Waals surface area contributed by atoms with Crippen molar-refractivity contribution >= 4 is 29.3 Å². The molecule has 0 saturated carbocycles. The van der Waals surface area contributed by atoms with Crippen molar-refractivity contribution < 1.29 is 9.59 Å². The zero-order valence-electron chi connectivity index (χ0n) is 16.4. The highest BCUT2D eigenvalue weighted by Crippen LogP contribution is 2.19. The first kappa shape index (κ1) is 20.6. The van der Waals surface area contributed by atoms with Crippen LogP contribution in [0.4, 0.5) is 5.69 Å². The highest BCUT2D eigenvalue weighted by atomic mass is 32.2. The van der Waals surface area contributed by atoms with Gasteiger partial charge in [-0.25, -0.2) is 0 Å². The van der Waals surface area contributed by atoms with Gasteiger partial charge in [-0.1, -0.05) is 42.1 Å². The summed E-state index contributed by atoms with van der Waals surface area (Å²) in [7, 11) is 1.58. The molecule has 3 rings (SSSR count). The molecule has 0 saturated heterocycles. The number of amides is 2. The van der Waals surface area contributed by atoms with Gasteiger partial charge in [0.05, 0.1) is 5.75 Å². The van der Waals surface area contributed by atoms with E-state index in [1.807, 2.05) is 29.7 Å². The normalized spacial score (nSPS) is 10.6. The molecule has 0 unspecified atom stereocenters. The van der Waals surface area contributed by atoms with Crippen LogP contribution in [0.2, 0.25) is 0 Å². The Morgan fingerprint density at radius 2 is 1.76 bits per heavy atom. The third-order valence-corrected chi connectivity index (χ3v) is 5.27. The summed E-state index contributed by atoms with van der Waals surface area (Å²) in [4.78, 5) is 23.9. The summed E-state index contributed by atoms with van der Waals surface area (Å²) in [6.07, 6.45) is 0.701. The Morgan fingerprint density at radius 3 is 2.41 bits per heavy atom. The second-order valence-corrected chi connectivity index (χ2v) is 7.24. The zero-order chi connectivity index (χ0) is 20.6. The van der Waals surface area contributed by atoms with E-state index >= 15 is 0 Å². The van der Waals surface area contributed by atoms with E-state index < -0.39 is 0 Å². The summed E-state index contributed by atoms with van der Waals surface area (Å²) in [5, 5.41) is 14.7. The number of anilines is 1. The molecule has 2 amide bonds. The Hall–Kier alpha value is -3.13. The number of hydrogen-bond donors (Lipinski definition) is 2. The van der Waals surface area contributed by atoms with Crippen LogP contribution in [-0.4, -0.2) is 39.4 Å². The van der Waals surface area contributed by atoms with E-state index in [-0.39, 0.29) is 17.6 Å². The topological polar surface area (TPSA) is 88.9 Å². The molecule has 3 aromatic rings. The fourth-order valence-electron chi connectivity index (χ4n) is 2.83. The van der Waals surface area contributed by atoms with Crippen molar-refractivity contribution in [2.45, 2.75) is 25.0 Å². The Kier molecular flexibility index (Phi) is 7.02. The van der Waals surface area contributed by atoms with Crippen LogP contribution in [0.25, 0.3) is 0 Å². The highest BCUT2D eigenvalue weighted by Gasteiger charge is 2.14. The summed E-state index contributed by atoms with van der Waals surface area (Å²) >= 11 is 1.36. The number of carbonyl (C=O) groups excluding carboxylic acids is 2. The van der Waals surface area contributed by atoms with Crippen LogP contribution in [0.3, 0.4) is 0 Å². The van der Waals surface area contributed by atoms with Crippen molar-refractivity contribution in [1.29, 1.82) is 0 Å². The molecule has 150 valence electrons. The zero-order valence-corrected chi connectivity index (χ0v) is 17.2. The molecule has 0 aliphatic rings. The maximum absolute atomic E-state index is 12.3. The number of nitrogens with zero attached hydrogens (tertiary/aromatic N) is 3. The maximum atomic E-state index is 12.3. The predicted molar refractivity (Wildman–Crippen MR) is 114 cm³/mol. The van der Waals surface area contributed by atoms with Crippen molar-refractivity contribution in [1.82, 2.24) is 20.1 Å². The third-order valence-electron chi connectivity index (χ3n) is 4.31. The molecule has 0 aliphatic carbocycles. The van der Waals surface area contributed by atoms with Crippen LogP contribution in [0.15, 0.2) is 59.8 Å². The van der Waals surface area contributed by atoms with Gasteiger partial charge in [-0.2, -0.15) is 0 Å². The van der Waals surface area contributed by atoms with E-state index in [9.17, 15) is 9.59 Å². The summed E-state index contributed by atoms with van der Waals surface area (Å²) in [6.45, 7) is 2.77. The van der Waals surface area contributed by atoms with Crippen molar-refractivity contribution in [2.75, 3.05) is 18.1 Å². The molecule has 0 atom stereocenters. The Balaban J connectivity index is 1.58. The van der Waals surface area contributed by atoms with E-state index in [0.29, 0.717) is 17.7 Å². The number of nitrogens with one attached hydrogen (secondary N) is 2. The standard InChI is InChI=1S/C21H23N5O2S/c1-3-26-18(13-15-7-5-4-6-8-15)24-25-21(26)29-14-19(27)23-17-11-9-16(10-12-17)20(28)22-2/h4-12H,3,13-14H2,1-2H3,(H,22,28)(H,23,27). The van der Waals surface area contributed by atoms with Crippen LogP contribution in [0.1, 0.15) is 28.7 Å². The average Bonchev–Trinajstić information content (AvgIpc) is 3.14. The van der Waals surface area contributed by atoms with Gasteiger partial charge in [0.25, 0.3) is 5.91 Å². The van der Waals surface area contributed by atoms with Crippen LogP contribution < -0.4 is 10.6 Å². The molecule has 0 radical (unpaired) electrons. The molecule has 0 spiro atoms. The van der Waals surface area contributed by atoms with Gasteiger partial charge in [-0.15, -0.1) is 10.2 Å². The fourth-order valence-corrected chi connectivity index (χ4v) is 3.65. The molecule has 2 aromatic carbocycles. The van der Waals surface area contributed by atoms with Gasteiger partial charge >= 0.3 is 0 Å². The molecule has 1 aromatic heterocycles. The van der Waals surface area contributed by atoms with Gasteiger partial charge in [-0.3, -0.25) is 9.59 Å². The first-order valence-corrected chi connectivity index (χ1v) is 10.3. The minimum absolute atomic E-state index is 0.141. The van der Waals surface area contributed by atoms with Gasteiger partial charge in [0, 0.05) is 31.3 Å². The number of hydrogen-bond acceptors (Lipinski definition) is 5. The number of carbonyl (C=O) groups is 2. The molecular formula is C21H23N5O2S. The van der Waals surface area contributed by atoms with Gasteiger partial charge in [0.1, 0.15) is 5.82 Å². The van der Waals surface area contributed by atoms with Gasteiger partial charge in [-0.05, 0) is 36.8 Å². The molecule has 29 heavy (non-hydrogen) atoms. The fraction of sp³-hybridized carbons (Fsp3) is 0.238. The second-order valence-electron chi connectivity index (χ2n) is 6.30. The lowest BCUT2D eigenvalue weighted by molar-refractivity contribution is -0.113. The highest BCUT2D eigenvalue weighted by molar-refractivity contribution is 7.99. The quantitative estimate of drug-likeness (QED) is 0.559. The van der Waals surface area contributed by atoms with Crippen molar-refractivity contribution in [3.8, 4) is 0 Å². The molecule has 0 fully saturated rings. The SMILES string of the molecule is CCn1c(Cc2ccccc2)nnc1SCC(=O)Nc1ccc(C(=O)NC)cc1. The van der Waals surface area contributed by atoms with E-state index in [0.717, 1.165) is 17.5 Å². The molecule has 1 heterocycles. The number of thioether (sulfide) groups is 1. The van der Waals surface area contributed by atoms with E-state index in [2.05, 4.69) is 33.0 Å². The minimum atomic E-state index is -0.163. The lowest BCUT2D eigenvalue weighted by Crippen LogP contribution is -2.18. The van der Waals surface area contributed by atoms with Crippen molar-refractivity contribution in [2.24, 2.45) is 0 Å². The van der Waals surface area contributed by atoms with Crippen LogP contribution >= 0.6 is 11.8 Å². The molecule has 0 aliphatic heterocycles. The minimum Gasteiger partial charge on any atom is -0.355 e. The Labute approximate surface area is 173 Å². The molecular weight excluding hydrogens is 386 g/mol. The van der Waals surface area contributed by atoms with Gasteiger partial charge < -0.3 is 15.2 Å². The second kappa shape index (κ2) is 9.88. The van der Waals surface area contributed by atoms with Crippen LogP contribution in [-0.2, 0) is 17.8 Å². The summed E-state index contributed by atoms with van der Waals surface area (Å²) in [5.41, 5.74) is 2.36.